The van der Waals surface area contributed by atoms with Crippen molar-refractivity contribution < 1.29 is 13.2 Å². The molecule has 5 nitrogen and oxygen atoms in total. The van der Waals surface area contributed by atoms with Crippen LogP contribution in [0.5, 0.6) is 0 Å². The SMILES string of the molecule is Cc1ccc(NC(=O)CNS(=O)(=O)c2ccccc2C)cc1. The van der Waals surface area contributed by atoms with Crippen LogP contribution in [0.3, 0.4) is 0 Å². The van der Waals surface area contributed by atoms with E-state index in [9.17, 15) is 13.2 Å². The van der Waals surface area contributed by atoms with Gasteiger partial charge in [0.2, 0.25) is 15.9 Å². The molecule has 2 aromatic rings. The molecule has 0 saturated carbocycles. The van der Waals surface area contributed by atoms with E-state index in [2.05, 4.69) is 10.0 Å². The smallest absolute Gasteiger partial charge is 0.241 e. The molecule has 0 aliphatic heterocycles. The van der Waals surface area contributed by atoms with E-state index in [4.69, 9.17) is 0 Å². The van der Waals surface area contributed by atoms with Gasteiger partial charge in [0, 0.05) is 5.69 Å². The third-order valence-electron chi connectivity index (χ3n) is 3.14. The van der Waals surface area contributed by atoms with E-state index in [1.54, 1.807) is 37.3 Å². The molecule has 2 N–H and O–H groups in total. The van der Waals surface area contributed by atoms with Crippen LogP contribution < -0.4 is 10.0 Å². The Labute approximate surface area is 130 Å². The van der Waals surface area contributed by atoms with Crippen LogP contribution in [0.25, 0.3) is 0 Å². The average molecular weight is 318 g/mol. The first kappa shape index (κ1) is 16.2. The van der Waals surface area contributed by atoms with Gasteiger partial charge in [0.15, 0.2) is 0 Å². The summed E-state index contributed by atoms with van der Waals surface area (Å²) >= 11 is 0. The monoisotopic (exact) mass is 318 g/mol. The number of anilines is 1. The molecule has 22 heavy (non-hydrogen) atoms. The zero-order valence-corrected chi connectivity index (χ0v) is 13.3. The van der Waals surface area contributed by atoms with Crippen molar-refractivity contribution >= 4 is 21.6 Å². The van der Waals surface area contributed by atoms with Crippen LogP contribution in [0.2, 0.25) is 0 Å². The molecule has 6 heteroatoms. The molecule has 0 aliphatic rings. The summed E-state index contributed by atoms with van der Waals surface area (Å²) in [5, 5.41) is 2.64. The Morgan fingerprint density at radius 1 is 1.00 bits per heavy atom. The van der Waals surface area contributed by atoms with Gasteiger partial charge in [-0.05, 0) is 37.6 Å². The van der Waals surface area contributed by atoms with Gasteiger partial charge in [0.05, 0.1) is 11.4 Å². The normalized spacial score (nSPS) is 11.2. The Balaban J connectivity index is 1.98. The number of carbonyl (C=O) groups excluding carboxylic acids is 1. The summed E-state index contributed by atoms with van der Waals surface area (Å²) in [6.45, 7) is 3.34. The molecule has 2 rings (SSSR count). The minimum absolute atomic E-state index is 0.179. The molecule has 0 atom stereocenters. The number of rotatable bonds is 5. The quantitative estimate of drug-likeness (QED) is 0.887. The van der Waals surface area contributed by atoms with E-state index in [-0.39, 0.29) is 11.4 Å². The fourth-order valence-corrected chi connectivity index (χ4v) is 3.16. The van der Waals surface area contributed by atoms with Crippen molar-refractivity contribution in [3.8, 4) is 0 Å². The largest absolute Gasteiger partial charge is 0.325 e. The maximum Gasteiger partial charge on any atom is 0.241 e. The number of aryl methyl sites for hydroxylation is 2. The Hall–Kier alpha value is -2.18. The van der Waals surface area contributed by atoms with E-state index < -0.39 is 15.9 Å². The molecule has 0 spiro atoms. The Kier molecular flexibility index (Phi) is 4.95. The van der Waals surface area contributed by atoms with Gasteiger partial charge >= 0.3 is 0 Å². The molecule has 0 fully saturated rings. The third kappa shape index (κ3) is 4.16. The van der Waals surface area contributed by atoms with Crippen LogP contribution in [-0.2, 0) is 14.8 Å². The van der Waals surface area contributed by atoms with E-state index in [1.165, 1.54) is 6.07 Å². The van der Waals surface area contributed by atoms with Crippen molar-refractivity contribution in [2.24, 2.45) is 0 Å². The van der Waals surface area contributed by atoms with E-state index in [0.717, 1.165) is 5.56 Å². The minimum atomic E-state index is -3.70. The molecular weight excluding hydrogens is 300 g/mol. The second-order valence-corrected chi connectivity index (χ2v) is 6.74. The molecule has 0 saturated heterocycles. The molecule has 116 valence electrons. The van der Waals surface area contributed by atoms with Gasteiger partial charge in [-0.3, -0.25) is 4.79 Å². The van der Waals surface area contributed by atoms with E-state index >= 15 is 0 Å². The van der Waals surface area contributed by atoms with Crippen molar-refractivity contribution in [3.63, 3.8) is 0 Å². The first-order valence-electron chi connectivity index (χ1n) is 6.80. The predicted molar refractivity (Wildman–Crippen MR) is 86.2 cm³/mol. The first-order chi connectivity index (χ1) is 10.4. The number of amides is 1. The van der Waals surface area contributed by atoms with Crippen LogP contribution in [0.1, 0.15) is 11.1 Å². The second kappa shape index (κ2) is 6.72. The zero-order valence-electron chi connectivity index (χ0n) is 12.5. The van der Waals surface area contributed by atoms with Crippen LogP contribution in [0, 0.1) is 13.8 Å². The van der Waals surface area contributed by atoms with Crippen molar-refractivity contribution in [2.75, 3.05) is 11.9 Å². The highest BCUT2D eigenvalue weighted by atomic mass is 32.2. The van der Waals surface area contributed by atoms with Crippen molar-refractivity contribution in [1.29, 1.82) is 0 Å². The molecule has 0 aliphatic carbocycles. The number of carbonyl (C=O) groups is 1. The summed E-state index contributed by atoms with van der Waals surface area (Å²) in [4.78, 5) is 12.0. The molecule has 0 bridgehead atoms. The second-order valence-electron chi connectivity index (χ2n) is 5.00. The van der Waals surface area contributed by atoms with E-state index in [1.807, 2.05) is 19.1 Å². The summed E-state index contributed by atoms with van der Waals surface area (Å²) in [5.41, 5.74) is 2.35. The van der Waals surface area contributed by atoms with Gasteiger partial charge in [-0.25, -0.2) is 13.1 Å². The van der Waals surface area contributed by atoms with Gasteiger partial charge in [-0.15, -0.1) is 0 Å². The molecule has 1 amide bonds. The maximum atomic E-state index is 12.2. The maximum absolute atomic E-state index is 12.2. The minimum Gasteiger partial charge on any atom is -0.325 e. The lowest BCUT2D eigenvalue weighted by Gasteiger charge is -2.09. The molecule has 0 radical (unpaired) electrons. The zero-order chi connectivity index (χ0) is 16.2. The highest BCUT2D eigenvalue weighted by Crippen LogP contribution is 2.13. The highest BCUT2D eigenvalue weighted by molar-refractivity contribution is 7.89. The van der Waals surface area contributed by atoms with Crippen LogP contribution >= 0.6 is 0 Å². The fourth-order valence-electron chi connectivity index (χ4n) is 1.94. The Morgan fingerprint density at radius 3 is 2.27 bits per heavy atom. The van der Waals surface area contributed by atoms with Gasteiger partial charge in [0.1, 0.15) is 0 Å². The lowest BCUT2D eigenvalue weighted by atomic mass is 10.2. The van der Waals surface area contributed by atoms with Crippen molar-refractivity contribution in [1.82, 2.24) is 4.72 Å². The topological polar surface area (TPSA) is 75.3 Å². The molecule has 0 heterocycles. The number of hydrogen-bond donors (Lipinski definition) is 2. The lowest BCUT2D eigenvalue weighted by molar-refractivity contribution is -0.115. The van der Waals surface area contributed by atoms with Crippen LogP contribution in [0.4, 0.5) is 5.69 Å². The highest BCUT2D eigenvalue weighted by Gasteiger charge is 2.17. The van der Waals surface area contributed by atoms with Crippen LogP contribution in [-0.4, -0.2) is 20.9 Å². The molecule has 0 aromatic heterocycles. The molecule has 2 aromatic carbocycles. The summed E-state index contributed by atoms with van der Waals surface area (Å²) in [6, 6.07) is 13.9. The number of hydrogen-bond acceptors (Lipinski definition) is 3. The summed E-state index contributed by atoms with van der Waals surface area (Å²) < 4.78 is 26.6. The summed E-state index contributed by atoms with van der Waals surface area (Å²) in [5.74, 6) is -0.416. The van der Waals surface area contributed by atoms with Crippen molar-refractivity contribution in [2.45, 2.75) is 18.7 Å². The number of benzene rings is 2. The van der Waals surface area contributed by atoms with Crippen LogP contribution in [0.15, 0.2) is 53.4 Å². The van der Waals surface area contributed by atoms with E-state index in [0.29, 0.717) is 11.3 Å². The van der Waals surface area contributed by atoms with Crippen molar-refractivity contribution in [3.05, 3.63) is 59.7 Å². The molecule has 0 unspecified atom stereocenters. The predicted octanol–water partition coefficient (Wildman–Crippen LogP) is 2.22. The standard InChI is InChI=1S/C16H18N2O3S/c1-12-7-9-14(10-8-12)18-16(19)11-17-22(20,21)15-6-4-3-5-13(15)2/h3-10,17H,11H2,1-2H3,(H,18,19). The summed E-state index contributed by atoms with van der Waals surface area (Å²) in [6.07, 6.45) is 0. The first-order valence-corrected chi connectivity index (χ1v) is 8.28. The summed E-state index contributed by atoms with van der Waals surface area (Å²) in [7, 11) is -3.70. The number of nitrogens with one attached hydrogen (secondary N) is 2. The molecular formula is C16H18N2O3S. The number of sulfonamides is 1. The average Bonchev–Trinajstić information content (AvgIpc) is 2.48. The third-order valence-corrected chi connectivity index (χ3v) is 4.70. The lowest BCUT2D eigenvalue weighted by Crippen LogP contribution is -2.33. The van der Waals surface area contributed by atoms with Gasteiger partial charge < -0.3 is 5.32 Å². The van der Waals surface area contributed by atoms with Gasteiger partial charge in [0.25, 0.3) is 0 Å². The fraction of sp³-hybridized carbons (Fsp3) is 0.188. The van der Waals surface area contributed by atoms with Gasteiger partial charge in [-0.2, -0.15) is 0 Å². The Bertz CT molecular complexity index is 768. The van der Waals surface area contributed by atoms with Gasteiger partial charge in [-0.1, -0.05) is 35.9 Å². The Morgan fingerprint density at radius 2 is 1.64 bits per heavy atom.